The first-order valence-corrected chi connectivity index (χ1v) is 8.14. The van der Waals surface area contributed by atoms with Gasteiger partial charge in [-0.1, -0.05) is 12.1 Å². The van der Waals surface area contributed by atoms with E-state index in [0.717, 1.165) is 11.4 Å². The fourth-order valence-electron chi connectivity index (χ4n) is 3.19. The lowest BCUT2D eigenvalue weighted by Gasteiger charge is -2.32. The van der Waals surface area contributed by atoms with E-state index < -0.39 is 0 Å². The highest BCUT2D eigenvalue weighted by atomic mass is 79.9. The van der Waals surface area contributed by atoms with E-state index in [1.807, 2.05) is 24.3 Å². The van der Waals surface area contributed by atoms with Crippen molar-refractivity contribution < 1.29 is 14.0 Å². The molecule has 0 bridgehead atoms. The smallest absolute Gasteiger partial charge is 0.287 e. The summed E-state index contributed by atoms with van der Waals surface area (Å²) in [6.07, 6.45) is 0.577. The second-order valence-electron chi connectivity index (χ2n) is 5.68. The molecule has 1 saturated heterocycles. The van der Waals surface area contributed by atoms with Gasteiger partial charge >= 0.3 is 0 Å². The molecule has 6 nitrogen and oxygen atoms in total. The fourth-order valence-corrected chi connectivity index (χ4v) is 3.50. The quantitative estimate of drug-likeness (QED) is 0.844. The molecule has 1 fully saturated rings. The predicted octanol–water partition coefficient (Wildman–Crippen LogP) is 2.37. The van der Waals surface area contributed by atoms with Gasteiger partial charge in [-0.05, 0) is 46.6 Å². The van der Waals surface area contributed by atoms with Crippen molar-refractivity contribution >= 4 is 39.1 Å². The second kappa shape index (κ2) is 5.42. The minimum absolute atomic E-state index is 0.0267. The zero-order chi connectivity index (χ0) is 16.0. The van der Waals surface area contributed by atoms with Crippen LogP contribution in [-0.4, -0.2) is 30.4 Å². The number of hydrogen-bond acceptors (Lipinski definition) is 4. The van der Waals surface area contributed by atoms with Gasteiger partial charge in [0, 0.05) is 12.6 Å². The van der Waals surface area contributed by atoms with Crippen molar-refractivity contribution in [3.05, 3.63) is 46.8 Å². The van der Waals surface area contributed by atoms with E-state index in [1.165, 1.54) is 0 Å². The maximum Gasteiger partial charge on any atom is 0.287 e. The van der Waals surface area contributed by atoms with Gasteiger partial charge in [0.25, 0.3) is 5.91 Å². The van der Waals surface area contributed by atoms with Gasteiger partial charge in [-0.2, -0.15) is 0 Å². The summed E-state index contributed by atoms with van der Waals surface area (Å²) >= 11 is 3.18. The van der Waals surface area contributed by atoms with Crippen molar-refractivity contribution in [2.45, 2.75) is 18.5 Å². The molecule has 2 amide bonds. The van der Waals surface area contributed by atoms with Crippen molar-refractivity contribution in [3.63, 3.8) is 0 Å². The minimum atomic E-state index is -0.269. The average molecular weight is 376 g/mol. The Morgan fingerprint density at radius 2 is 2.13 bits per heavy atom. The standard InChI is InChI=1S/C16H14BrN3O3/c17-14-6-5-13(23-14)16(22)18-9-7-12-15(21)19-10-3-1-2-4-11(10)20(12)8-9/h1-6,9,12H,7-8H2,(H,18,22)(H,19,21). The molecule has 1 aromatic carbocycles. The first-order chi connectivity index (χ1) is 11.1. The molecular weight excluding hydrogens is 362 g/mol. The molecule has 2 aliphatic rings. The second-order valence-corrected chi connectivity index (χ2v) is 6.47. The summed E-state index contributed by atoms with van der Waals surface area (Å²) in [5.74, 6) is -0.0398. The van der Waals surface area contributed by atoms with Crippen LogP contribution in [0, 0.1) is 0 Å². The van der Waals surface area contributed by atoms with Crippen molar-refractivity contribution in [2.75, 3.05) is 16.8 Å². The number of carbonyl (C=O) groups excluding carboxylic acids is 2. The summed E-state index contributed by atoms with van der Waals surface area (Å²) in [6.45, 7) is 0.600. The highest BCUT2D eigenvalue weighted by Crippen LogP contribution is 2.36. The fraction of sp³-hybridized carbons (Fsp3) is 0.250. The van der Waals surface area contributed by atoms with Crippen LogP contribution in [-0.2, 0) is 4.79 Å². The number of furan rings is 1. The van der Waals surface area contributed by atoms with Crippen LogP contribution in [0.1, 0.15) is 17.0 Å². The van der Waals surface area contributed by atoms with Crippen LogP contribution < -0.4 is 15.5 Å². The van der Waals surface area contributed by atoms with Gasteiger partial charge in [0.1, 0.15) is 6.04 Å². The number of amides is 2. The third-order valence-electron chi connectivity index (χ3n) is 4.21. The zero-order valence-electron chi connectivity index (χ0n) is 12.1. The highest BCUT2D eigenvalue weighted by Gasteiger charge is 2.41. The predicted molar refractivity (Wildman–Crippen MR) is 88.5 cm³/mol. The van der Waals surface area contributed by atoms with E-state index in [4.69, 9.17) is 4.42 Å². The number of nitrogens with one attached hydrogen (secondary N) is 2. The van der Waals surface area contributed by atoms with Crippen LogP contribution in [0.4, 0.5) is 11.4 Å². The summed E-state index contributed by atoms with van der Waals surface area (Å²) in [5, 5.41) is 5.86. The van der Waals surface area contributed by atoms with Crippen LogP contribution >= 0.6 is 15.9 Å². The highest BCUT2D eigenvalue weighted by molar-refractivity contribution is 9.10. The van der Waals surface area contributed by atoms with E-state index >= 15 is 0 Å². The molecule has 1 aromatic heterocycles. The van der Waals surface area contributed by atoms with Gasteiger partial charge in [-0.25, -0.2) is 0 Å². The number of hydrogen-bond donors (Lipinski definition) is 2. The number of halogens is 1. The molecule has 23 heavy (non-hydrogen) atoms. The maximum atomic E-state index is 12.3. The lowest BCUT2D eigenvalue weighted by atomic mass is 10.1. The summed E-state index contributed by atoms with van der Waals surface area (Å²) < 4.78 is 5.78. The Bertz CT molecular complexity index is 788. The molecular formula is C16H14BrN3O3. The molecule has 2 N–H and O–H groups in total. The first kappa shape index (κ1) is 14.3. The Kier molecular flexibility index (Phi) is 3.37. The Balaban J connectivity index is 1.52. The summed E-state index contributed by atoms with van der Waals surface area (Å²) in [6, 6.07) is 10.6. The van der Waals surface area contributed by atoms with Crippen molar-refractivity contribution in [2.24, 2.45) is 0 Å². The molecule has 4 rings (SSSR count). The van der Waals surface area contributed by atoms with Gasteiger partial charge in [-0.15, -0.1) is 0 Å². The maximum absolute atomic E-state index is 12.3. The van der Waals surface area contributed by atoms with E-state index in [2.05, 4.69) is 31.5 Å². The molecule has 2 unspecified atom stereocenters. The van der Waals surface area contributed by atoms with Gasteiger partial charge in [0.15, 0.2) is 10.4 Å². The Morgan fingerprint density at radius 3 is 2.91 bits per heavy atom. The van der Waals surface area contributed by atoms with Crippen LogP contribution in [0.2, 0.25) is 0 Å². The molecule has 3 heterocycles. The number of fused-ring (bicyclic) bond motifs is 3. The number of para-hydroxylation sites is 2. The normalized spacial score (nSPS) is 22.3. The van der Waals surface area contributed by atoms with Crippen molar-refractivity contribution in [1.82, 2.24) is 5.32 Å². The Hall–Kier alpha value is -2.28. The summed E-state index contributed by atoms with van der Waals surface area (Å²) in [5.41, 5.74) is 1.81. The van der Waals surface area contributed by atoms with Crippen molar-refractivity contribution in [3.8, 4) is 0 Å². The summed E-state index contributed by atoms with van der Waals surface area (Å²) in [4.78, 5) is 26.5. The first-order valence-electron chi connectivity index (χ1n) is 7.34. The molecule has 0 saturated carbocycles. The van der Waals surface area contributed by atoms with E-state index in [0.29, 0.717) is 17.6 Å². The van der Waals surface area contributed by atoms with E-state index in [1.54, 1.807) is 12.1 Å². The SMILES string of the molecule is O=C(NC1CC2C(=O)Nc3ccccc3N2C1)c1ccc(Br)o1. The Morgan fingerprint density at radius 1 is 1.30 bits per heavy atom. The van der Waals surface area contributed by atoms with Crippen LogP contribution in [0.25, 0.3) is 0 Å². The Labute approximate surface area is 141 Å². The molecule has 118 valence electrons. The molecule has 0 spiro atoms. The van der Waals surface area contributed by atoms with Gasteiger partial charge in [0.05, 0.1) is 11.4 Å². The molecule has 2 aliphatic heterocycles. The summed E-state index contributed by atoms with van der Waals surface area (Å²) in [7, 11) is 0. The largest absolute Gasteiger partial charge is 0.444 e. The zero-order valence-corrected chi connectivity index (χ0v) is 13.7. The number of benzene rings is 1. The lowest BCUT2D eigenvalue weighted by Crippen LogP contribution is -2.44. The molecule has 2 aromatic rings. The minimum Gasteiger partial charge on any atom is -0.444 e. The molecule has 7 heteroatoms. The average Bonchev–Trinajstić information content (AvgIpc) is 3.14. The lowest BCUT2D eigenvalue weighted by molar-refractivity contribution is -0.117. The van der Waals surface area contributed by atoms with Crippen molar-refractivity contribution in [1.29, 1.82) is 0 Å². The van der Waals surface area contributed by atoms with Crippen LogP contribution in [0.15, 0.2) is 45.5 Å². The molecule has 2 atom stereocenters. The van der Waals surface area contributed by atoms with Gasteiger partial charge in [0.2, 0.25) is 5.91 Å². The number of nitrogens with zero attached hydrogens (tertiary/aromatic N) is 1. The van der Waals surface area contributed by atoms with Crippen LogP contribution in [0.5, 0.6) is 0 Å². The number of anilines is 2. The van der Waals surface area contributed by atoms with Gasteiger partial charge < -0.3 is 20.0 Å². The number of rotatable bonds is 2. The van der Waals surface area contributed by atoms with Crippen LogP contribution in [0.3, 0.4) is 0 Å². The third kappa shape index (κ3) is 2.50. The molecule has 0 radical (unpaired) electrons. The van der Waals surface area contributed by atoms with Gasteiger partial charge in [-0.3, -0.25) is 9.59 Å². The topological polar surface area (TPSA) is 74.6 Å². The number of carbonyl (C=O) groups is 2. The van der Waals surface area contributed by atoms with E-state index in [9.17, 15) is 9.59 Å². The monoisotopic (exact) mass is 375 g/mol. The molecule has 0 aliphatic carbocycles. The third-order valence-corrected chi connectivity index (χ3v) is 4.63. The van der Waals surface area contributed by atoms with E-state index in [-0.39, 0.29) is 29.7 Å².